The van der Waals surface area contributed by atoms with Crippen LogP contribution in [0.4, 0.5) is 4.39 Å². The summed E-state index contributed by atoms with van der Waals surface area (Å²) in [6, 6.07) is 7.24. The van der Waals surface area contributed by atoms with Crippen molar-refractivity contribution in [2.45, 2.75) is 25.6 Å². The average Bonchev–Trinajstić information content (AvgIpc) is 2.18. The molecule has 0 bridgehead atoms. The highest BCUT2D eigenvalue weighted by Gasteiger charge is 2.15. The summed E-state index contributed by atoms with van der Waals surface area (Å²) in [7, 11) is 1.55. The highest BCUT2D eigenvalue weighted by Crippen LogP contribution is 2.20. The minimum atomic E-state index is -1.24. The molecule has 3 heteroatoms. The molecule has 0 saturated carbocycles. The molecule has 0 radical (unpaired) electrons. The van der Waals surface area contributed by atoms with Gasteiger partial charge in [-0.3, -0.25) is 0 Å². The number of ether oxygens (including phenoxy) is 1. The maximum absolute atomic E-state index is 13.2. The number of benzene rings is 1. The molecule has 1 aromatic rings. The number of hydrogen-bond donors (Lipinski definition) is 1. The van der Waals surface area contributed by atoms with E-state index in [0.717, 1.165) is 5.56 Å². The Hall–Kier alpha value is -1.09. The van der Waals surface area contributed by atoms with Gasteiger partial charge in [-0.15, -0.1) is 0 Å². The van der Waals surface area contributed by atoms with E-state index >= 15 is 0 Å². The first-order chi connectivity index (χ1) is 6.65. The smallest absolute Gasteiger partial charge is 0.130 e. The van der Waals surface area contributed by atoms with Crippen molar-refractivity contribution in [1.82, 2.24) is 0 Å². The third-order valence-electron chi connectivity index (χ3n) is 2.13. The van der Waals surface area contributed by atoms with Crippen molar-refractivity contribution in [2.75, 3.05) is 7.11 Å². The fourth-order valence-corrected chi connectivity index (χ4v) is 1.25. The second kappa shape index (κ2) is 4.96. The molecule has 1 N–H and O–H groups in total. The number of alkyl halides is 1. The Morgan fingerprint density at radius 1 is 1.43 bits per heavy atom. The Labute approximate surface area is 83.3 Å². The molecule has 0 saturated heterocycles. The van der Waals surface area contributed by atoms with E-state index in [1.807, 2.05) is 12.1 Å². The predicted octanol–water partition coefficient (Wildman–Crippen LogP) is 1.96. The Morgan fingerprint density at radius 3 is 2.64 bits per heavy atom. The van der Waals surface area contributed by atoms with Crippen LogP contribution >= 0.6 is 0 Å². The zero-order valence-electron chi connectivity index (χ0n) is 8.40. The molecule has 0 heterocycles. The van der Waals surface area contributed by atoms with E-state index in [4.69, 9.17) is 9.84 Å². The molecule has 0 aliphatic rings. The molecular weight excluding hydrogens is 183 g/mol. The summed E-state index contributed by atoms with van der Waals surface area (Å²) in [6.45, 7) is 1.44. The van der Waals surface area contributed by atoms with Gasteiger partial charge in [-0.2, -0.15) is 0 Å². The number of aliphatic hydroxyl groups excluding tert-OH is 1. The van der Waals surface area contributed by atoms with Crippen molar-refractivity contribution in [2.24, 2.45) is 0 Å². The summed E-state index contributed by atoms with van der Waals surface area (Å²) in [5.41, 5.74) is 0.781. The van der Waals surface area contributed by atoms with Gasteiger partial charge in [0.15, 0.2) is 0 Å². The molecule has 0 spiro atoms. The van der Waals surface area contributed by atoms with E-state index in [1.165, 1.54) is 6.92 Å². The van der Waals surface area contributed by atoms with Crippen molar-refractivity contribution in [3.05, 3.63) is 29.8 Å². The molecule has 0 aromatic heterocycles. The van der Waals surface area contributed by atoms with Crippen LogP contribution in [0.3, 0.4) is 0 Å². The average molecular weight is 198 g/mol. The van der Waals surface area contributed by atoms with Gasteiger partial charge in [0.2, 0.25) is 0 Å². The van der Waals surface area contributed by atoms with Crippen LogP contribution in [0.2, 0.25) is 0 Å². The van der Waals surface area contributed by atoms with E-state index in [-0.39, 0.29) is 6.42 Å². The van der Waals surface area contributed by atoms with E-state index in [2.05, 4.69) is 0 Å². The summed E-state index contributed by atoms with van der Waals surface area (Å²) in [4.78, 5) is 0. The number of para-hydroxylation sites is 1. The van der Waals surface area contributed by atoms with Crippen LogP contribution in [0.25, 0.3) is 0 Å². The van der Waals surface area contributed by atoms with Crippen LogP contribution in [0.1, 0.15) is 12.5 Å². The lowest BCUT2D eigenvalue weighted by Gasteiger charge is -2.13. The van der Waals surface area contributed by atoms with Gasteiger partial charge in [0.1, 0.15) is 11.9 Å². The fraction of sp³-hybridized carbons (Fsp3) is 0.455. The van der Waals surface area contributed by atoms with Crippen molar-refractivity contribution in [3.63, 3.8) is 0 Å². The lowest BCUT2D eigenvalue weighted by molar-refractivity contribution is 0.0928. The number of methoxy groups -OCH3 is 1. The predicted molar refractivity (Wildman–Crippen MR) is 53.3 cm³/mol. The normalized spacial score (nSPS) is 14.9. The van der Waals surface area contributed by atoms with Gasteiger partial charge in [0.05, 0.1) is 13.2 Å². The molecule has 0 aliphatic carbocycles. The van der Waals surface area contributed by atoms with Crippen LogP contribution in [-0.4, -0.2) is 24.5 Å². The highest BCUT2D eigenvalue weighted by atomic mass is 19.1. The zero-order chi connectivity index (χ0) is 10.6. The van der Waals surface area contributed by atoms with Crippen molar-refractivity contribution in [3.8, 4) is 5.75 Å². The van der Waals surface area contributed by atoms with Crippen molar-refractivity contribution < 1.29 is 14.2 Å². The molecule has 14 heavy (non-hydrogen) atoms. The highest BCUT2D eigenvalue weighted by molar-refractivity contribution is 5.33. The number of aliphatic hydroxyl groups is 1. The second-order valence-electron chi connectivity index (χ2n) is 3.27. The minimum Gasteiger partial charge on any atom is -0.496 e. The lowest BCUT2D eigenvalue weighted by Crippen LogP contribution is -2.20. The van der Waals surface area contributed by atoms with Crippen molar-refractivity contribution >= 4 is 0 Å². The van der Waals surface area contributed by atoms with Gasteiger partial charge < -0.3 is 9.84 Å². The molecule has 1 aromatic carbocycles. The largest absolute Gasteiger partial charge is 0.496 e. The molecule has 0 amide bonds. The van der Waals surface area contributed by atoms with Gasteiger partial charge in [0, 0.05) is 6.42 Å². The summed E-state index contributed by atoms with van der Waals surface area (Å²) in [5, 5.41) is 9.03. The molecule has 1 rings (SSSR count). The maximum atomic E-state index is 13.2. The van der Waals surface area contributed by atoms with Gasteiger partial charge in [-0.25, -0.2) is 4.39 Å². The van der Waals surface area contributed by atoms with Gasteiger partial charge in [0.25, 0.3) is 0 Å². The zero-order valence-corrected chi connectivity index (χ0v) is 8.40. The van der Waals surface area contributed by atoms with E-state index in [1.54, 1.807) is 19.2 Å². The molecule has 0 fully saturated rings. The third-order valence-corrected chi connectivity index (χ3v) is 2.13. The molecule has 2 unspecified atom stereocenters. The quantitative estimate of drug-likeness (QED) is 0.801. The van der Waals surface area contributed by atoms with Gasteiger partial charge >= 0.3 is 0 Å². The first-order valence-corrected chi connectivity index (χ1v) is 4.59. The first kappa shape index (κ1) is 11.0. The Morgan fingerprint density at radius 2 is 2.07 bits per heavy atom. The first-order valence-electron chi connectivity index (χ1n) is 4.59. The topological polar surface area (TPSA) is 29.5 Å². The molecule has 0 aliphatic heterocycles. The number of rotatable bonds is 4. The molecule has 2 nitrogen and oxygen atoms in total. The molecule has 2 atom stereocenters. The second-order valence-corrected chi connectivity index (χ2v) is 3.27. The van der Waals surface area contributed by atoms with E-state index < -0.39 is 12.3 Å². The summed E-state index contributed by atoms with van der Waals surface area (Å²) < 4.78 is 18.3. The monoisotopic (exact) mass is 198 g/mol. The van der Waals surface area contributed by atoms with Crippen LogP contribution in [-0.2, 0) is 6.42 Å². The van der Waals surface area contributed by atoms with Crippen LogP contribution in [0.15, 0.2) is 24.3 Å². The Kier molecular flexibility index (Phi) is 3.89. The van der Waals surface area contributed by atoms with Crippen LogP contribution < -0.4 is 4.74 Å². The lowest BCUT2D eigenvalue weighted by atomic mass is 10.0. The number of halogens is 1. The van der Waals surface area contributed by atoms with Gasteiger partial charge in [-0.05, 0) is 18.6 Å². The Balaban J connectivity index is 2.75. The van der Waals surface area contributed by atoms with Crippen LogP contribution in [0.5, 0.6) is 5.75 Å². The fourth-order valence-electron chi connectivity index (χ4n) is 1.25. The van der Waals surface area contributed by atoms with Crippen molar-refractivity contribution in [1.29, 1.82) is 0 Å². The van der Waals surface area contributed by atoms with Crippen LogP contribution in [0, 0.1) is 0 Å². The summed E-state index contributed by atoms with van der Waals surface area (Å²) in [6.07, 6.45) is -2.01. The summed E-state index contributed by atoms with van der Waals surface area (Å²) >= 11 is 0. The Bertz CT molecular complexity index is 286. The maximum Gasteiger partial charge on any atom is 0.130 e. The van der Waals surface area contributed by atoms with E-state index in [9.17, 15) is 4.39 Å². The molecule has 78 valence electrons. The number of hydrogen-bond acceptors (Lipinski definition) is 2. The standard InChI is InChI=1S/C11H15FO2/c1-8(13)10(12)7-9-5-3-4-6-11(9)14-2/h3-6,8,10,13H,7H2,1-2H3. The minimum absolute atomic E-state index is 0.182. The van der Waals surface area contributed by atoms with Gasteiger partial charge in [-0.1, -0.05) is 18.2 Å². The summed E-state index contributed by atoms with van der Waals surface area (Å²) in [5.74, 6) is 0.663. The third kappa shape index (κ3) is 2.70. The SMILES string of the molecule is COc1ccccc1CC(F)C(C)O. The molecular formula is C11H15FO2. The van der Waals surface area contributed by atoms with E-state index in [0.29, 0.717) is 5.75 Å².